The standard InChI is InChI=1S/C19H26N4O/c1-13-12-23(19(24)14-7-8-14)10-9-15(13)20-11-18-21-16-5-3-4-6-17(16)22(18)2/h3-6,13-15,20H,7-12H2,1-2H3/t13-,15-/m1/s1. The monoisotopic (exact) mass is 326 g/mol. The zero-order valence-corrected chi connectivity index (χ0v) is 14.5. The summed E-state index contributed by atoms with van der Waals surface area (Å²) in [5, 5.41) is 3.67. The third-order valence-electron chi connectivity index (χ3n) is 5.55. The zero-order valence-electron chi connectivity index (χ0n) is 14.5. The number of hydrogen-bond donors (Lipinski definition) is 1. The Balaban J connectivity index is 1.37. The van der Waals surface area contributed by atoms with Gasteiger partial charge in [-0.15, -0.1) is 0 Å². The molecule has 1 amide bonds. The third-order valence-corrected chi connectivity index (χ3v) is 5.55. The molecular formula is C19H26N4O. The number of carbonyl (C=O) groups excluding carboxylic acids is 1. The lowest BCUT2D eigenvalue weighted by Crippen LogP contribution is -2.50. The molecule has 5 nitrogen and oxygen atoms in total. The number of amides is 1. The summed E-state index contributed by atoms with van der Waals surface area (Å²) in [4.78, 5) is 19.0. The summed E-state index contributed by atoms with van der Waals surface area (Å²) >= 11 is 0. The van der Waals surface area contributed by atoms with Gasteiger partial charge in [-0.25, -0.2) is 4.98 Å². The highest BCUT2D eigenvalue weighted by molar-refractivity contribution is 5.81. The van der Waals surface area contributed by atoms with Crippen molar-refractivity contribution in [2.45, 2.75) is 38.8 Å². The quantitative estimate of drug-likeness (QED) is 0.938. The maximum absolute atomic E-state index is 12.2. The van der Waals surface area contributed by atoms with E-state index in [1.807, 2.05) is 6.07 Å². The predicted octanol–water partition coefficient (Wildman–Crippen LogP) is 2.31. The van der Waals surface area contributed by atoms with E-state index in [1.54, 1.807) is 0 Å². The summed E-state index contributed by atoms with van der Waals surface area (Å²) in [5.41, 5.74) is 2.22. The summed E-state index contributed by atoms with van der Waals surface area (Å²) in [7, 11) is 2.08. The molecule has 128 valence electrons. The molecule has 1 aromatic carbocycles. The van der Waals surface area contributed by atoms with Gasteiger partial charge in [0.2, 0.25) is 5.91 Å². The molecule has 1 N–H and O–H groups in total. The first-order valence-corrected chi connectivity index (χ1v) is 9.06. The minimum Gasteiger partial charge on any atom is -0.342 e. The lowest BCUT2D eigenvalue weighted by molar-refractivity contribution is -0.134. The molecule has 4 rings (SSSR count). The van der Waals surface area contributed by atoms with E-state index < -0.39 is 0 Å². The molecule has 0 unspecified atom stereocenters. The van der Waals surface area contributed by atoms with Gasteiger partial charge in [0, 0.05) is 32.1 Å². The van der Waals surface area contributed by atoms with Crippen LogP contribution in [0.1, 0.15) is 32.0 Å². The Morgan fingerprint density at radius 1 is 1.29 bits per heavy atom. The summed E-state index contributed by atoms with van der Waals surface area (Å²) < 4.78 is 2.17. The maximum Gasteiger partial charge on any atom is 0.225 e. The van der Waals surface area contributed by atoms with E-state index in [1.165, 1.54) is 5.52 Å². The second-order valence-corrected chi connectivity index (χ2v) is 7.39. The lowest BCUT2D eigenvalue weighted by atomic mass is 9.93. The van der Waals surface area contributed by atoms with Gasteiger partial charge in [0.25, 0.3) is 0 Å². The van der Waals surface area contributed by atoms with E-state index in [-0.39, 0.29) is 0 Å². The fourth-order valence-electron chi connectivity index (χ4n) is 3.81. The number of para-hydroxylation sites is 2. The second-order valence-electron chi connectivity index (χ2n) is 7.39. The second kappa shape index (κ2) is 6.20. The molecule has 2 aromatic rings. The van der Waals surface area contributed by atoms with E-state index in [0.717, 1.165) is 50.2 Å². The highest BCUT2D eigenvalue weighted by Crippen LogP contribution is 2.32. The van der Waals surface area contributed by atoms with Crippen molar-refractivity contribution in [1.29, 1.82) is 0 Å². The van der Waals surface area contributed by atoms with Crippen LogP contribution in [0.2, 0.25) is 0 Å². The average Bonchev–Trinajstić information content (AvgIpc) is 3.39. The molecule has 2 fully saturated rings. The normalized spacial score (nSPS) is 24.5. The number of carbonyl (C=O) groups is 1. The molecule has 2 aliphatic rings. The SMILES string of the molecule is C[C@@H]1CN(C(=O)C2CC2)CC[C@H]1NCc1nc2ccccc2n1C. The lowest BCUT2D eigenvalue weighted by Gasteiger charge is -2.37. The summed E-state index contributed by atoms with van der Waals surface area (Å²) in [5.74, 6) is 2.27. The molecule has 0 radical (unpaired) electrons. The first kappa shape index (κ1) is 15.6. The van der Waals surface area contributed by atoms with Crippen LogP contribution >= 0.6 is 0 Å². The van der Waals surface area contributed by atoms with Crippen LogP contribution in [0.5, 0.6) is 0 Å². The minimum absolute atomic E-state index is 0.335. The zero-order chi connectivity index (χ0) is 16.7. The van der Waals surface area contributed by atoms with Crippen molar-refractivity contribution in [3.63, 3.8) is 0 Å². The number of nitrogens with one attached hydrogen (secondary N) is 1. The van der Waals surface area contributed by atoms with E-state index >= 15 is 0 Å². The van der Waals surface area contributed by atoms with Crippen molar-refractivity contribution in [2.24, 2.45) is 18.9 Å². The van der Waals surface area contributed by atoms with Gasteiger partial charge in [-0.3, -0.25) is 4.79 Å². The van der Waals surface area contributed by atoms with Gasteiger partial charge in [0.1, 0.15) is 5.82 Å². The number of nitrogens with zero attached hydrogens (tertiary/aromatic N) is 3. The summed E-state index contributed by atoms with van der Waals surface area (Å²) in [6, 6.07) is 8.70. The molecule has 1 aliphatic heterocycles. The van der Waals surface area contributed by atoms with Crippen LogP contribution in [0.15, 0.2) is 24.3 Å². The molecule has 1 aromatic heterocycles. The smallest absolute Gasteiger partial charge is 0.225 e. The Morgan fingerprint density at radius 2 is 2.08 bits per heavy atom. The number of aryl methyl sites for hydroxylation is 1. The fraction of sp³-hybridized carbons (Fsp3) is 0.579. The topological polar surface area (TPSA) is 50.2 Å². The van der Waals surface area contributed by atoms with Gasteiger partial charge < -0.3 is 14.8 Å². The van der Waals surface area contributed by atoms with Gasteiger partial charge in [-0.05, 0) is 37.3 Å². The van der Waals surface area contributed by atoms with Gasteiger partial charge >= 0.3 is 0 Å². The maximum atomic E-state index is 12.2. The number of benzene rings is 1. The number of imidazole rings is 1. The Kier molecular flexibility index (Phi) is 4.04. The van der Waals surface area contributed by atoms with Crippen molar-refractivity contribution >= 4 is 16.9 Å². The Hall–Kier alpha value is -1.88. The number of piperidine rings is 1. The molecule has 1 saturated carbocycles. The number of fused-ring (bicyclic) bond motifs is 1. The van der Waals surface area contributed by atoms with Crippen molar-refractivity contribution in [2.75, 3.05) is 13.1 Å². The van der Waals surface area contributed by atoms with Crippen LogP contribution in [-0.4, -0.2) is 39.5 Å². The molecule has 1 aliphatic carbocycles. The van der Waals surface area contributed by atoms with Crippen LogP contribution in [0.4, 0.5) is 0 Å². The molecular weight excluding hydrogens is 300 g/mol. The molecule has 24 heavy (non-hydrogen) atoms. The van der Waals surface area contributed by atoms with Gasteiger partial charge in [0.15, 0.2) is 0 Å². The fourth-order valence-corrected chi connectivity index (χ4v) is 3.81. The van der Waals surface area contributed by atoms with Gasteiger partial charge in [0.05, 0.1) is 17.6 Å². The predicted molar refractivity (Wildman–Crippen MR) is 94.4 cm³/mol. The number of aromatic nitrogens is 2. The molecule has 5 heteroatoms. The first-order chi connectivity index (χ1) is 11.6. The summed E-state index contributed by atoms with van der Waals surface area (Å²) in [6.45, 7) is 4.80. The van der Waals surface area contributed by atoms with E-state index in [0.29, 0.717) is 23.8 Å². The molecule has 0 bridgehead atoms. The van der Waals surface area contributed by atoms with Crippen molar-refractivity contribution < 1.29 is 4.79 Å². The largest absolute Gasteiger partial charge is 0.342 e. The number of rotatable bonds is 4. The molecule has 2 heterocycles. The summed E-state index contributed by atoms with van der Waals surface area (Å²) in [6.07, 6.45) is 3.22. The number of likely N-dealkylation sites (tertiary alicyclic amines) is 1. The van der Waals surface area contributed by atoms with Gasteiger partial charge in [-0.1, -0.05) is 19.1 Å². The van der Waals surface area contributed by atoms with Crippen LogP contribution in [0, 0.1) is 11.8 Å². The Labute approximate surface area is 143 Å². The Bertz CT molecular complexity index is 749. The molecule has 1 saturated heterocycles. The van der Waals surface area contributed by atoms with E-state index in [4.69, 9.17) is 4.98 Å². The third kappa shape index (κ3) is 2.93. The van der Waals surface area contributed by atoms with Crippen LogP contribution in [0.25, 0.3) is 11.0 Å². The minimum atomic E-state index is 0.335. The van der Waals surface area contributed by atoms with E-state index in [2.05, 4.69) is 47.0 Å². The Morgan fingerprint density at radius 3 is 2.79 bits per heavy atom. The first-order valence-electron chi connectivity index (χ1n) is 9.06. The van der Waals surface area contributed by atoms with Gasteiger partial charge in [-0.2, -0.15) is 0 Å². The van der Waals surface area contributed by atoms with E-state index in [9.17, 15) is 4.79 Å². The van der Waals surface area contributed by atoms with Crippen molar-refractivity contribution in [3.8, 4) is 0 Å². The highest BCUT2D eigenvalue weighted by atomic mass is 16.2. The van der Waals surface area contributed by atoms with Crippen molar-refractivity contribution in [3.05, 3.63) is 30.1 Å². The van der Waals surface area contributed by atoms with Crippen molar-refractivity contribution in [1.82, 2.24) is 19.8 Å². The highest BCUT2D eigenvalue weighted by Gasteiger charge is 2.36. The van der Waals surface area contributed by atoms with Crippen LogP contribution < -0.4 is 5.32 Å². The van der Waals surface area contributed by atoms with Crippen LogP contribution in [0.3, 0.4) is 0 Å². The molecule has 0 spiro atoms. The molecule has 2 atom stereocenters. The average molecular weight is 326 g/mol. The number of hydrogen-bond acceptors (Lipinski definition) is 3. The van der Waals surface area contributed by atoms with Crippen LogP contribution in [-0.2, 0) is 18.4 Å².